The van der Waals surface area contributed by atoms with E-state index in [2.05, 4.69) is 18.8 Å². The van der Waals surface area contributed by atoms with E-state index in [9.17, 15) is 0 Å². The van der Waals surface area contributed by atoms with Crippen molar-refractivity contribution < 1.29 is 0 Å². The van der Waals surface area contributed by atoms with Gasteiger partial charge in [0.25, 0.3) is 0 Å². The molecule has 1 N–H and O–H groups in total. The monoisotopic (exact) mass is 139 g/mol. The van der Waals surface area contributed by atoms with E-state index < -0.39 is 0 Å². The highest BCUT2D eigenvalue weighted by atomic mass is 15.0. The second kappa shape index (κ2) is 3.20. The van der Waals surface area contributed by atoms with Crippen LogP contribution in [0.2, 0.25) is 0 Å². The lowest BCUT2D eigenvalue weighted by atomic mass is 10.2. The van der Waals surface area contributed by atoms with Crippen LogP contribution in [0.25, 0.3) is 0 Å². The molecule has 1 saturated carbocycles. The molecule has 0 aromatic carbocycles. The van der Waals surface area contributed by atoms with E-state index in [1.165, 1.54) is 19.3 Å². The van der Waals surface area contributed by atoms with E-state index in [-0.39, 0.29) is 0 Å². The normalized spacial score (nSPS) is 20.5. The maximum absolute atomic E-state index is 3.68. The third-order valence-corrected chi connectivity index (χ3v) is 2.14. The molecule has 1 heteroatoms. The van der Waals surface area contributed by atoms with Gasteiger partial charge >= 0.3 is 0 Å². The molecule has 1 nitrogen and oxygen atoms in total. The minimum atomic E-state index is 0.515. The van der Waals surface area contributed by atoms with Gasteiger partial charge in [0, 0.05) is 5.54 Å². The van der Waals surface area contributed by atoms with Gasteiger partial charge in [0.15, 0.2) is 0 Å². The van der Waals surface area contributed by atoms with Crippen LogP contribution in [0.1, 0.15) is 32.6 Å². The van der Waals surface area contributed by atoms with Gasteiger partial charge in [-0.05, 0) is 39.2 Å². The number of rotatable bonds is 5. The highest BCUT2D eigenvalue weighted by molar-refractivity contribution is 4.97. The summed E-state index contributed by atoms with van der Waals surface area (Å²) < 4.78 is 0. The molecule has 0 amide bonds. The molecule has 0 unspecified atom stereocenters. The molecule has 1 aliphatic carbocycles. The predicted molar refractivity (Wildman–Crippen MR) is 45.1 cm³/mol. The van der Waals surface area contributed by atoms with Crippen molar-refractivity contribution in [2.75, 3.05) is 6.54 Å². The predicted octanol–water partition coefficient (Wildman–Crippen LogP) is 2.09. The Morgan fingerprint density at radius 3 is 2.80 bits per heavy atom. The van der Waals surface area contributed by atoms with Crippen molar-refractivity contribution in [2.45, 2.75) is 38.1 Å². The van der Waals surface area contributed by atoms with Gasteiger partial charge in [0.1, 0.15) is 0 Å². The summed E-state index contributed by atoms with van der Waals surface area (Å²) in [6, 6.07) is 0. The first-order valence-corrected chi connectivity index (χ1v) is 4.13. The molecule has 1 rings (SSSR count). The molecule has 0 aromatic heterocycles. The van der Waals surface area contributed by atoms with Crippen LogP contribution in [0.5, 0.6) is 0 Å². The summed E-state index contributed by atoms with van der Waals surface area (Å²) in [6.45, 7) is 7.13. The maximum atomic E-state index is 3.68. The van der Waals surface area contributed by atoms with Crippen LogP contribution in [0.15, 0.2) is 12.7 Å². The van der Waals surface area contributed by atoms with Crippen LogP contribution >= 0.6 is 0 Å². The molecule has 1 aliphatic rings. The lowest BCUT2D eigenvalue weighted by Gasteiger charge is -2.09. The first-order valence-electron chi connectivity index (χ1n) is 4.13. The van der Waals surface area contributed by atoms with Crippen molar-refractivity contribution in [2.24, 2.45) is 0 Å². The standard InChI is InChI=1S/C9H17N/c1-3-4-5-8-10-9(2)6-7-9/h3,10H,1,4-8H2,2H3. The Hall–Kier alpha value is -0.300. The number of nitrogens with one attached hydrogen (secondary N) is 1. The molecule has 58 valence electrons. The quantitative estimate of drug-likeness (QED) is 0.454. The summed E-state index contributed by atoms with van der Waals surface area (Å²) in [7, 11) is 0. The Morgan fingerprint density at radius 1 is 1.60 bits per heavy atom. The Bertz CT molecular complexity index is 114. The van der Waals surface area contributed by atoms with Crippen molar-refractivity contribution in [1.82, 2.24) is 5.32 Å². The minimum Gasteiger partial charge on any atom is -0.312 e. The molecule has 10 heavy (non-hydrogen) atoms. The molecule has 0 radical (unpaired) electrons. The van der Waals surface area contributed by atoms with Crippen LogP contribution in [-0.2, 0) is 0 Å². The van der Waals surface area contributed by atoms with Crippen molar-refractivity contribution in [3.05, 3.63) is 12.7 Å². The van der Waals surface area contributed by atoms with E-state index in [0.29, 0.717) is 5.54 Å². The lowest BCUT2D eigenvalue weighted by molar-refractivity contribution is 0.528. The average molecular weight is 139 g/mol. The second-order valence-electron chi connectivity index (χ2n) is 3.42. The number of hydrogen-bond donors (Lipinski definition) is 1. The van der Waals surface area contributed by atoms with Gasteiger partial charge in [0.2, 0.25) is 0 Å². The van der Waals surface area contributed by atoms with Gasteiger partial charge in [-0.25, -0.2) is 0 Å². The fourth-order valence-electron chi connectivity index (χ4n) is 1.00. The minimum absolute atomic E-state index is 0.515. The lowest BCUT2D eigenvalue weighted by Crippen LogP contribution is -2.28. The fourth-order valence-corrected chi connectivity index (χ4v) is 1.00. The Kier molecular flexibility index (Phi) is 2.50. The van der Waals surface area contributed by atoms with Crippen LogP contribution in [0.3, 0.4) is 0 Å². The molecule has 1 fully saturated rings. The first-order chi connectivity index (χ1) is 4.77. The summed E-state index contributed by atoms with van der Waals surface area (Å²) in [5.74, 6) is 0. The molecule has 0 saturated heterocycles. The maximum Gasteiger partial charge on any atom is 0.0154 e. The smallest absolute Gasteiger partial charge is 0.0154 e. The van der Waals surface area contributed by atoms with Gasteiger partial charge in [-0.2, -0.15) is 0 Å². The van der Waals surface area contributed by atoms with Crippen LogP contribution in [0, 0.1) is 0 Å². The summed E-state index contributed by atoms with van der Waals surface area (Å²) in [5, 5.41) is 3.52. The Morgan fingerprint density at radius 2 is 2.30 bits per heavy atom. The number of unbranched alkanes of at least 4 members (excludes halogenated alkanes) is 1. The Labute approximate surface area is 63.5 Å². The molecule has 0 aromatic rings. The Balaban J connectivity index is 1.90. The van der Waals surface area contributed by atoms with Crippen molar-refractivity contribution in [1.29, 1.82) is 0 Å². The largest absolute Gasteiger partial charge is 0.312 e. The summed E-state index contributed by atoms with van der Waals surface area (Å²) in [4.78, 5) is 0. The number of hydrogen-bond acceptors (Lipinski definition) is 1. The first kappa shape index (κ1) is 7.80. The molecule has 0 atom stereocenters. The zero-order valence-electron chi connectivity index (χ0n) is 6.82. The molecular weight excluding hydrogens is 122 g/mol. The molecular formula is C9H17N. The van der Waals surface area contributed by atoms with Gasteiger partial charge in [-0.15, -0.1) is 6.58 Å². The van der Waals surface area contributed by atoms with E-state index in [0.717, 1.165) is 13.0 Å². The fraction of sp³-hybridized carbons (Fsp3) is 0.778. The SMILES string of the molecule is C=CCCCNC1(C)CC1. The van der Waals surface area contributed by atoms with E-state index in [4.69, 9.17) is 0 Å². The molecule has 0 aliphatic heterocycles. The highest BCUT2D eigenvalue weighted by Gasteiger charge is 2.35. The third-order valence-electron chi connectivity index (χ3n) is 2.14. The second-order valence-corrected chi connectivity index (χ2v) is 3.42. The summed E-state index contributed by atoms with van der Waals surface area (Å²) in [5.41, 5.74) is 0.515. The third kappa shape index (κ3) is 2.53. The average Bonchev–Trinajstić information content (AvgIpc) is 2.62. The topological polar surface area (TPSA) is 12.0 Å². The van der Waals surface area contributed by atoms with Gasteiger partial charge in [-0.3, -0.25) is 0 Å². The summed E-state index contributed by atoms with van der Waals surface area (Å²) >= 11 is 0. The molecule has 0 heterocycles. The van der Waals surface area contributed by atoms with Gasteiger partial charge < -0.3 is 5.32 Å². The van der Waals surface area contributed by atoms with E-state index in [1.54, 1.807) is 0 Å². The molecule has 0 bridgehead atoms. The zero-order valence-corrected chi connectivity index (χ0v) is 6.82. The van der Waals surface area contributed by atoms with Crippen molar-refractivity contribution in [3.8, 4) is 0 Å². The van der Waals surface area contributed by atoms with Gasteiger partial charge in [0.05, 0.1) is 0 Å². The van der Waals surface area contributed by atoms with Crippen LogP contribution in [-0.4, -0.2) is 12.1 Å². The number of allylic oxidation sites excluding steroid dienone is 1. The highest BCUT2D eigenvalue weighted by Crippen LogP contribution is 2.33. The van der Waals surface area contributed by atoms with Crippen LogP contribution in [0.4, 0.5) is 0 Å². The van der Waals surface area contributed by atoms with E-state index >= 15 is 0 Å². The van der Waals surface area contributed by atoms with Crippen LogP contribution < -0.4 is 5.32 Å². The van der Waals surface area contributed by atoms with E-state index in [1.807, 2.05) is 6.08 Å². The summed E-state index contributed by atoms with van der Waals surface area (Å²) in [6.07, 6.45) is 7.08. The zero-order chi connectivity index (χ0) is 7.45. The van der Waals surface area contributed by atoms with Crippen molar-refractivity contribution in [3.63, 3.8) is 0 Å². The van der Waals surface area contributed by atoms with Crippen molar-refractivity contribution >= 4 is 0 Å². The van der Waals surface area contributed by atoms with Gasteiger partial charge in [-0.1, -0.05) is 6.08 Å². The molecule has 0 spiro atoms.